The summed E-state index contributed by atoms with van der Waals surface area (Å²) < 4.78 is 5.73. The van der Waals surface area contributed by atoms with Crippen molar-refractivity contribution in [1.82, 2.24) is 10.4 Å². The SMILES string of the molecule is N#CC1c2cc(Oc3ccccc3)ccc2C(O)=C(C(=O)NCCCC(=O)O)N1O. The van der Waals surface area contributed by atoms with Gasteiger partial charge in [-0.05, 0) is 36.8 Å². The molecule has 1 amide bonds. The maximum absolute atomic E-state index is 12.4. The van der Waals surface area contributed by atoms with Crippen LogP contribution in [-0.4, -0.2) is 38.9 Å². The molecule has 0 saturated carbocycles. The number of hydrogen-bond donors (Lipinski definition) is 4. The van der Waals surface area contributed by atoms with Gasteiger partial charge in [0, 0.05) is 24.1 Å². The number of benzene rings is 2. The number of aliphatic hydroxyl groups is 1. The number of nitrogens with zero attached hydrogens (tertiary/aromatic N) is 2. The van der Waals surface area contributed by atoms with E-state index in [0.717, 1.165) is 0 Å². The third kappa shape index (κ3) is 4.34. The van der Waals surface area contributed by atoms with Gasteiger partial charge in [0.1, 0.15) is 11.5 Å². The number of nitriles is 1. The highest BCUT2D eigenvalue weighted by molar-refractivity contribution is 6.00. The number of carbonyl (C=O) groups excluding carboxylic acids is 1. The minimum absolute atomic E-state index is 0.0314. The molecule has 1 atom stereocenters. The maximum Gasteiger partial charge on any atom is 0.303 e. The quantitative estimate of drug-likeness (QED) is 0.511. The number of rotatable bonds is 7. The van der Waals surface area contributed by atoms with Gasteiger partial charge >= 0.3 is 5.97 Å². The fraction of sp³-hybridized carbons (Fsp3) is 0.190. The third-order valence-corrected chi connectivity index (χ3v) is 4.44. The largest absolute Gasteiger partial charge is 0.505 e. The van der Waals surface area contributed by atoms with Crippen LogP contribution in [0.4, 0.5) is 0 Å². The predicted molar refractivity (Wildman–Crippen MR) is 104 cm³/mol. The lowest BCUT2D eigenvalue weighted by Gasteiger charge is -2.31. The van der Waals surface area contributed by atoms with Gasteiger partial charge in [0.25, 0.3) is 5.91 Å². The Hall–Kier alpha value is -4.03. The summed E-state index contributed by atoms with van der Waals surface area (Å²) >= 11 is 0. The first-order valence-corrected chi connectivity index (χ1v) is 9.10. The molecule has 0 radical (unpaired) electrons. The molecule has 0 fully saturated rings. The summed E-state index contributed by atoms with van der Waals surface area (Å²) in [4.78, 5) is 23.0. The molecule has 0 aliphatic carbocycles. The smallest absolute Gasteiger partial charge is 0.303 e. The van der Waals surface area contributed by atoms with Crippen molar-refractivity contribution in [3.63, 3.8) is 0 Å². The number of fused-ring (bicyclic) bond motifs is 1. The molecular formula is C21H19N3O6. The van der Waals surface area contributed by atoms with Crippen LogP contribution in [0.15, 0.2) is 54.2 Å². The maximum atomic E-state index is 12.4. The van der Waals surface area contributed by atoms with Crippen LogP contribution in [0.2, 0.25) is 0 Å². The Bertz CT molecular complexity index is 1030. The van der Waals surface area contributed by atoms with Gasteiger partial charge in [-0.2, -0.15) is 5.26 Å². The summed E-state index contributed by atoms with van der Waals surface area (Å²) in [6.45, 7) is 0.0314. The average Bonchev–Trinajstić information content (AvgIpc) is 2.72. The van der Waals surface area contributed by atoms with Gasteiger partial charge in [-0.15, -0.1) is 0 Å². The van der Waals surface area contributed by atoms with Gasteiger partial charge in [0.15, 0.2) is 17.5 Å². The van der Waals surface area contributed by atoms with Crippen molar-refractivity contribution in [3.8, 4) is 17.6 Å². The lowest BCUT2D eigenvalue weighted by molar-refractivity contribution is -0.137. The van der Waals surface area contributed by atoms with Crippen molar-refractivity contribution in [1.29, 1.82) is 5.26 Å². The van der Waals surface area contributed by atoms with Crippen molar-refractivity contribution in [2.24, 2.45) is 0 Å². The minimum atomic E-state index is -1.25. The monoisotopic (exact) mass is 409 g/mol. The minimum Gasteiger partial charge on any atom is -0.505 e. The first-order chi connectivity index (χ1) is 14.4. The van der Waals surface area contributed by atoms with E-state index in [1.54, 1.807) is 30.3 Å². The Morgan fingerprint density at radius 3 is 2.57 bits per heavy atom. The first-order valence-electron chi connectivity index (χ1n) is 9.10. The van der Waals surface area contributed by atoms with E-state index in [9.17, 15) is 25.2 Å². The molecule has 1 aliphatic rings. The molecular weight excluding hydrogens is 390 g/mol. The van der Waals surface area contributed by atoms with Gasteiger partial charge in [0.05, 0.1) is 6.07 Å². The van der Waals surface area contributed by atoms with Crippen LogP contribution in [-0.2, 0) is 9.59 Å². The zero-order valence-corrected chi connectivity index (χ0v) is 15.8. The molecule has 30 heavy (non-hydrogen) atoms. The van der Waals surface area contributed by atoms with Crippen LogP contribution >= 0.6 is 0 Å². The summed E-state index contributed by atoms with van der Waals surface area (Å²) in [5.41, 5.74) is -0.00240. The summed E-state index contributed by atoms with van der Waals surface area (Å²) in [5.74, 6) is -1.36. The molecule has 2 aromatic rings. The van der Waals surface area contributed by atoms with E-state index in [2.05, 4.69) is 5.32 Å². The number of hydroxylamine groups is 2. The average molecular weight is 409 g/mol. The van der Waals surface area contributed by atoms with E-state index in [1.165, 1.54) is 12.1 Å². The molecule has 1 unspecified atom stereocenters. The lowest BCUT2D eigenvalue weighted by Crippen LogP contribution is -2.39. The molecule has 3 rings (SSSR count). The van der Waals surface area contributed by atoms with Crippen LogP contribution in [0.3, 0.4) is 0 Å². The second-order valence-corrected chi connectivity index (χ2v) is 6.49. The van der Waals surface area contributed by atoms with E-state index in [1.807, 2.05) is 12.1 Å². The highest BCUT2D eigenvalue weighted by Crippen LogP contribution is 2.39. The predicted octanol–water partition coefficient (Wildman–Crippen LogP) is 2.96. The van der Waals surface area contributed by atoms with Crippen molar-refractivity contribution in [2.75, 3.05) is 6.54 Å². The van der Waals surface area contributed by atoms with Crippen molar-refractivity contribution < 1.29 is 29.7 Å². The fourth-order valence-corrected chi connectivity index (χ4v) is 3.03. The number of carboxylic acid groups (broad SMARTS) is 1. The number of carbonyl (C=O) groups is 2. The third-order valence-electron chi connectivity index (χ3n) is 4.44. The highest BCUT2D eigenvalue weighted by Gasteiger charge is 2.36. The number of carboxylic acids is 1. The Morgan fingerprint density at radius 2 is 1.90 bits per heavy atom. The molecule has 0 bridgehead atoms. The Kier molecular flexibility index (Phi) is 6.20. The van der Waals surface area contributed by atoms with Crippen LogP contribution in [0.25, 0.3) is 5.76 Å². The van der Waals surface area contributed by atoms with Crippen LogP contribution in [0.5, 0.6) is 11.5 Å². The molecule has 9 nitrogen and oxygen atoms in total. The summed E-state index contributed by atoms with van der Waals surface area (Å²) in [6.07, 6.45) is 0.0426. The van der Waals surface area contributed by atoms with Crippen molar-refractivity contribution in [2.45, 2.75) is 18.9 Å². The second kappa shape index (κ2) is 8.98. The molecule has 0 aromatic heterocycles. The van der Waals surface area contributed by atoms with Gasteiger partial charge in [-0.3, -0.25) is 14.8 Å². The summed E-state index contributed by atoms with van der Waals surface area (Å²) in [6, 6.07) is 14.2. The Labute approximate surface area is 172 Å². The topological polar surface area (TPSA) is 143 Å². The number of aliphatic carboxylic acids is 1. The molecule has 4 N–H and O–H groups in total. The van der Waals surface area contributed by atoms with Crippen molar-refractivity contribution >= 4 is 17.6 Å². The van der Waals surface area contributed by atoms with Gasteiger partial charge in [0.2, 0.25) is 0 Å². The molecule has 0 spiro atoms. The van der Waals surface area contributed by atoms with E-state index < -0.39 is 29.4 Å². The standard InChI is InChI=1S/C21H19N3O6/c22-12-17-16-11-14(30-13-5-2-1-3-6-13)8-9-15(16)20(27)19(24(17)29)21(28)23-10-4-7-18(25)26/h1-3,5-6,8-9,11,17,27,29H,4,7,10H2,(H,23,28)(H,25,26). The number of hydrogen-bond acceptors (Lipinski definition) is 7. The van der Waals surface area contributed by atoms with E-state index >= 15 is 0 Å². The molecule has 0 saturated heterocycles. The molecule has 1 heterocycles. The Balaban J connectivity index is 1.87. The zero-order valence-electron chi connectivity index (χ0n) is 15.8. The number of para-hydroxylation sites is 1. The van der Waals surface area contributed by atoms with Gasteiger partial charge in [-0.25, -0.2) is 5.06 Å². The summed E-state index contributed by atoms with van der Waals surface area (Å²) in [5, 5.41) is 42.0. The van der Waals surface area contributed by atoms with E-state index in [4.69, 9.17) is 9.84 Å². The second-order valence-electron chi connectivity index (χ2n) is 6.49. The van der Waals surface area contributed by atoms with E-state index in [-0.39, 0.29) is 30.5 Å². The Morgan fingerprint density at radius 1 is 1.17 bits per heavy atom. The zero-order chi connectivity index (χ0) is 21.7. The van der Waals surface area contributed by atoms with Gasteiger partial charge in [-0.1, -0.05) is 18.2 Å². The molecule has 1 aliphatic heterocycles. The number of aliphatic hydroxyl groups excluding tert-OH is 1. The normalized spacial score (nSPS) is 15.2. The van der Waals surface area contributed by atoms with Crippen LogP contribution < -0.4 is 10.1 Å². The first kappa shape index (κ1) is 20.7. The number of nitrogens with one attached hydrogen (secondary N) is 1. The van der Waals surface area contributed by atoms with Crippen LogP contribution in [0, 0.1) is 11.3 Å². The number of ether oxygens (including phenoxy) is 1. The van der Waals surface area contributed by atoms with Gasteiger partial charge < -0.3 is 20.3 Å². The van der Waals surface area contributed by atoms with Crippen molar-refractivity contribution in [3.05, 3.63) is 65.4 Å². The van der Waals surface area contributed by atoms with E-state index in [0.29, 0.717) is 16.6 Å². The fourth-order valence-electron chi connectivity index (χ4n) is 3.03. The molecule has 9 heteroatoms. The number of amides is 1. The molecule has 2 aromatic carbocycles. The highest BCUT2D eigenvalue weighted by atomic mass is 16.5. The summed E-state index contributed by atoms with van der Waals surface area (Å²) in [7, 11) is 0. The van der Waals surface area contributed by atoms with Crippen LogP contribution in [0.1, 0.15) is 30.0 Å². The molecule has 154 valence electrons. The lowest BCUT2D eigenvalue weighted by atomic mass is 9.94.